The number of hydrogen-bond acceptors (Lipinski definition) is 3. The molecule has 5 heteroatoms. The van der Waals surface area contributed by atoms with Crippen molar-refractivity contribution < 1.29 is 9.59 Å². The standard InChI is InChI=1S/C25H34N2O2S/c1-6-23(25(29)26-7-2)27(15-21-10-8-9-18(3)12-21)24(28)17-30-16-22-13-19(4)11-20(5)14-22/h8-14,23H,6-7,15-17H2,1-5H3,(H,26,29)/t23-/m0/s1. The lowest BCUT2D eigenvalue weighted by atomic mass is 10.1. The maximum atomic E-state index is 13.2. The normalized spacial score (nSPS) is 11.8. The van der Waals surface area contributed by atoms with E-state index in [1.165, 1.54) is 16.7 Å². The number of carbonyl (C=O) groups is 2. The number of thioether (sulfide) groups is 1. The zero-order valence-electron chi connectivity index (χ0n) is 18.8. The molecule has 1 atom stereocenters. The molecule has 162 valence electrons. The predicted molar refractivity (Wildman–Crippen MR) is 127 cm³/mol. The highest BCUT2D eigenvalue weighted by molar-refractivity contribution is 7.99. The molecule has 0 bridgehead atoms. The second kappa shape index (κ2) is 11.8. The van der Waals surface area contributed by atoms with E-state index in [0.717, 1.165) is 16.9 Å². The number of nitrogens with zero attached hydrogens (tertiary/aromatic N) is 1. The molecule has 0 aliphatic rings. The Kier molecular flexibility index (Phi) is 9.44. The first-order valence-electron chi connectivity index (χ1n) is 10.6. The molecule has 2 amide bonds. The van der Waals surface area contributed by atoms with Crippen molar-refractivity contribution in [3.05, 3.63) is 70.3 Å². The van der Waals surface area contributed by atoms with Crippen molar-refractivity contribution in [1.82, 2.24) is 10.2 Å². The monoisotopic (exact) mass is 426 g/mol. The van der Waals surface area contributed by atoms with E-state index in [4.69, 9.17) is 0 Å². The average Bonchev–Trinajstić information content (AvgIpc) is 2.67. The van der Waals surface area contributed by atoms with Crippen LogP contribution < -0.4 is 5.32 Å². The first-order chi connectivity index (χ1) is 14.3. The zero-order valence-corrected chi connectivity index (χ0v) is 19.6. The molecule has 0 aliphatic heterocycles. The summed E-state index contributed by atoms with van der Waals surface area (Å²) in [6.45, 7) is 11.1. The molecule has 4 nitrogen and oxygen atoms in total. The van der Waals surface area contributed by atoms with Crippen LogP contribution in [0.1, 0.15) is 48.1 Å². The van der Waals surface area contributed by atoms with Gasteiger partial charge in [-0.1, -0.05) is 66.1 Å². The Morgan fingerprint density at radius 3 is 2.23 bits per heavy atom. The second-order valence-electron chi connectivity index (χ2n) is 7.82. The van der Waals surface area contributed by atoms with Gasteiger partial charge in [0.25, 0.3) is 0 Å². The molecular weight excluding hydrogens is 392 g/mol. The first-order valence-corrected chi connectivity index (χ1v) is 11.8. The van der Waals surface area contributed by atoms with Crippen LogP contribution in [0.3, 0.4) is 0 Å². The van der Waals surface area contributed by atoms with E-state index in [1.807, 2.05) is 39.0 Å². The zero-order chi connectivity index (χ0) is 22.1. The number of benzene rings is 2. The maximum Gasteiger partial charge on any atom is 0.242 e. The lowest BCUT2D eigenvalue weighted by Gasteiger charge is -2.30. The molecule has 2 aromatic carbocycles. The van der Waals surface area contributed by atoms with Gasteiger partial charge in [0.05, 0.1) is 5.75 Å². The number of aryl methyl sites for hydroxylation is 3. The van der Waals surface area contributed by atoms with Crippen LogP contribution in [0.5, 0.6) is 0 Å². The van der Waals surface area contributed by atoms with Crippen molar-refractivity contribution in [3.8, 4) is 0 Å². The molecule has 2 aromatic rings. The summed E-state index contributed by atoms with van der Waals surface area (Å²) >= 11 is 1.60. The highest BCUT2D eigenvalue weighted by Gasteiger charge is 2.28. The predicted octanol–water partition coefficient (Wildman–Crippen LogP) is 4.79. The van der Waals surface area contributed by atoms with Crippen molar-refractivity contribution in [1.29, 1.82) is 0 Å². The molecular formula is C25H34N2O2S. The van der Waals surface area contributed by atoms with Gasteiger partial charge >= 0.3 is 0 Å². The lowest BCUT2D eigenvalue weighted by molar-refractivity contribution is -0.139. The number of carbonyl (C=O) groups excluding carboxylic acids is 2. The Labute approximate surface area is 185 Å². The molecule has 0 saturated heterocycles. The second-order valence-corrected chi connectivity index (χ2v) is 8.80. The minimum atomic E-state index is -0.459. The van der Waals surface area contributed by atoms with E-state index >= 15 is 0 Å². The summed E-state index contributed by atoms with van der Waals surface area (Å²) in [5.41, 5.74) is 5.90. The summed E-state index contributed by atoms with van der Waals surface area (Å²) < 4.78 is 0. The molecule has 0 heterocycles. The van der Waals surface area contributed by atoms with E-state index in [2.05, 4.69) is 43.4 Å². The van der Waals surface area contributed by atoms with Gasteiger partial charge in [-0.05, 0) is 45.2 Å². The third-order valence-electron chi connectivity index (χ3n) is 4.95. The summed E-state index contributed by atoms with van der Waals surface area (Å²) in [6, 6.07) is 14.2. The van der Waals surface area contributed by atoms with E-state index in [1.54, 1.807) is 16.7 Å². The highest BCUT2D eigenvalue weighted by atomic mass is 32.2. The van der Waals surface area contributed by atoms with Crippen molar-refractivity contribution in [2.75, 3.05) is 12.3 Å². The van der Waals surface area contributed by atoms with E-state index in [9.17, 15) is 9.59 Å². The van der Waals surface area contributed by atoms with Gasteiger partial charge in [-0.3, -0.25) is 9.59 Å². The fourth-order valence-corrected chi connectivity index (χ4v) is 4.56. The van der Waals surface area contributed by atoms with Crippen LogP contribution in [0.15, 0.2) is 42.5 Å². The average molecular weight is 427 g/mol. The van der Waals surface area contributed by atoms with Crippen molar-refractivity contribution in [2.45, 2.75) is 59.4 Å². The molecule has 30 heavy (non-hydrogen) atoms. The van der Waals surface area contributed by atoms with Gasteiger partial charge in [0.2, 0.25) is 11.8 Å². The van der Waals surface area contributed by atoms with Gasteiger partial charge in [-0.2, -0.15) is 0 Å². The summed E-state index contributed by atoms with van der Waals surface area (Å²) in [4.78, 5) is 27.6. The number of hydrogen-bond donors (Lipinski definition) is 1. The van der Waals surface area contributed by atoms with Crippen molar-refractivity contribution in [2.24, 2.45) is 0 Å². The third-order valence-corrected chi connectivity index (χ3v) is 5.94. The molecule has 1 N–H and O–H groups in total. The minimum absolute atomic E-state index is 0.00369. The van der Waals surface area contributed by atoms with E-state index < -0.39 is 6.04 Å². The minimum Gasteiger partial charge on any atom is -0.355 e. The summed E-state index contributed by atoms with van der Waals surface area (Å²) in [5, 5.41) is 2.88. The Balaban J connectivity index is 2.12. The van der Waals surface area contributed by atoms with Crippen LogP contribution in [0.25, 0.3) is 0 Å². The quantitative estimate of drug-likeness (QED) is 0.594. The summed E-state index contributed by atoms with van der Waals surface area (Å²) in [7, 11) is 0. The van der Waals surface area contributed by atoms with Gasteiger partial charge in [0.15, 0.2) is 0 Å². The Hall–Kier alpha value is -2.27. The fraction of sp³-hybridized carbons (Fsp3) is 0.440. The van der Waals surface area contributed by atoms with Gasteiger partial charge < -0.3 is 10.2 Å². The molecule has 2 rings (SSSR count). The first kappa shape index (κ1) is 24.0. The Morgan fingerprint density at radius 2 is 1.63 bits per heavy atom. The molecule has 0 unspecified atom stereocenters. The molecule has 0 radical (unpaired) electrons. The number of rotatable bonds is 10. The number of amides is 2. The molecule has 0 saturated carbocycles. The summed E-state index contributed by atoms with van der Waals surface area (Å²) in [5.74, 6) is 1.06. The maximum absolute atomic E-state index is 13.2. The van der Waals surface area contributed by atoms with Crippen LogP contribution in [0.4, 0.5) is 0 Å². The SMILES string of the molecule is CCNC(=O)[C@H](CC)N(Cc1cccc(C)c1)C(=O)CSCc1cc(C)cc(C)c1. The van der Waals surface area contributed by atoms with Crippen molar-refractivity contribution in [3.63, 3.8) is 0 Å². The smallest absolute Gasteiger partial charge is 0.242 e. The van der Waals surface area contributed by atoms with E-state index in [-0.39, 0.29) is 11.8 Å². The molecule has 0 aromatic heterocycles. The number of nitrogens with one attached hydrogen (secondary N) is 1. The van der Waals surface area contributed by atoms with Crippen LogP contribution in [-0.4, -0.2) is 35.1 Å². The largest absolute Gasteiger partial charge is 0.355 e. The molecule has 0 fully saturated rings. The molecule has 0 aliphatic carbocycles. The molecule has 0 spiro atoms. The fourth-order valence-electron chi connectivity index (χ4n) is 3.71. The van der Waals surface area contributed by atoms with Gasteiger partial charge in [0.1, 0.15) is 6.04 Å². The Bertz CT molecular complexity index is 846. The van der Waals surface area contributed by atoms with Crippen LogP contribution in [0.2, 0.25) is 0 Å². The summed E-state index contributed by atoms with van der Waals surface area (Å²) in [6.07, 6.45) is 0.588. The topological polar surface area (TPSA) is 49.4 Å². The Morgan fingerprint density at radius 1 is 0.967 bits per heavy atom. The lowest BCUT2D eigenvalue weighted by Crippen LogP contribution is -2.49. The van der Waals surface area contributed by atoms with Gasteiger partial charge in [0, 0.05) is 18.8 Å². The van der Waals surface area contributed by atoms with Crippen LogP contribution in [-0.2, 0) is 21.9 Å². The van der Waals surface area contributed by atoms with E-state index in [0.29, 0.717) is 25.3 Å². The third kappa shape index (κ3) is 7.21. The number of likely N-dealkylation sites (N-methyl/N-ethyl adjacent to an activating group) is 1. The van der Waals surface area contributed by atoms with Crippen molar-refractivity contribution >= 4 is 23.6 Å². The highest BCUT2D eigenvalue weighted by Crippen LogP contribution is 2.19. The van der Waals surface area contributed by atoms with Gasteiger partial charge in [-0.15, -0.1) is 11.8 Å². The van der Waals surface area contributed by atoms with Crippen LogP contribution in [0, 0.1) is 20.8 Å². The van der Waals surface area contributed by atoms with Gasteiger partial charge in [-0.25, -0.2) is 0 Å². The van der Waals surface area contributed by atoms with Crippen LogP contribution >= 0.6 is 11.8 Å².